The van der Waals surface area contributed by atoms with Crippen LogP contribution >= 0.6 is 23.8 Å². The van der Waals surface area contributed by atoms with Gasteiger partial charge in [0.1, 0.15) is 0 Å². The maximum atomic E-state index is 11.0. The van der Waals surface area contributed by atoms with E-state index in [4.69, 9.17) is 28.9 Å². The molecule has 1 aliphatic heterocycles. The first-order valence-electron chi connectivity index (χ1n) is 7.93. The van der Waals surface area contributed by atoms with Crippen LogP contribution in [-0.4, -0.2) is 47.3 Å². The molecule has 130 valence electrons. The number of carbonyl (C=O) groups is 1. The van der Waals surface area contributed by atoms with E-state index in [0.717, 1.165) is 26.2 Å². The molecular weight excluding hydrogens is 358 g/mol. The molecule has 0 aromatic heterocycles. The summed E-state index contributed by atoms with van der Waals surface area (Å²) in [5.41, 5.74) is 1.98. The Bertz CT molecular complexity index is 777. The molecule has 0 bridgehead atoms. The lowest BCUT2D eigenvalue weighted by Gasteiger charge is -2.37. The van der Waals surface area contributed by atoms with Gasteiger partial charge >= 0.3 is 5.97 Å². The highest BCUT2D eigenvalue weighted by Gasteiger charge is 2.19. The minimum absolute atomic E-state index is 0.0783. The molecule has 5 nitrogen and oxygen atoms in total. The number of thiocarbonyl (C=S) groups is 1. The van der Waals surface area contributed by atoms with E-state index in [0.29, 0.717) is 10.8 Å². The number of halogens is 1. The number of carboxylic acid groups (broad SMARTS) is 1. The topological polar surface area (TPSA) is 55.8 Å². The summed E-state index contributed by atoms with van der Waals surface area (Å²) in [7, 11) is 0. The van der Waals surface area contributed by atoms with Gasteiger partial charge in [0.15, 0.2) is 5.11 Å². The largest absolute Gasteiger partial charge is 0.478 e. The van der Waals surface area contributed by atoms with E-state index in [-0.39, 0.29) is 10.6 Å². The van der Waals surface area contributed by atoms with Crippen molar-refractivity contribution in [3.8, 4) is 0 Å². The third-order valence-electron chi connectivity index (χ3n) is 4.14. The first-order chi connectivity index (χ1) is 12.0. The minimum atomic E-state index is -1.05. The second-order valence-electron chi connectivity index (χ2n) is 5.74. The van der Waals surface area contributed by atoms with Gasteiger partial charge < -0.3 is 20.2 Å². The zero-order valence-electron chi connectivity index (χ0n) is 13.5. The molecule has 1 saturated heterocycles. The first-order valence-corrected chi connectivity index (χ1v) is 8.72. The van der Waals surface area contributed by atoms with E-state index >= 15 is 0 Å². The summed E-state index contributed by atoms with van der Waals surface area (Å²) in [5.74, 6) is -1.05. The van der Waals surface area contributed by atoms with E-state index in [2.05, 4.69) is 27.2 Å². The summed E-state index contributed by atoms with van der Waals surface area (Å²) in [6.45, 7) is 3.43. The van der Waals surface area contributed by atoms with Crippen LogP contribution in [0.2, 0.25) is 5.02 Å². The Morgan fingerprint density at radius 3 is 2.36 bits per heavy atom. The van der Waals surface area contributed by atoms with Crippen molar-refractivity contribution in [2.45, 2.75) is 0 Å². The number of anilines is 2. The number of hydrogen-bond donors (Lipinski definition) is 2. The first kappa shape index (κ1) is 17.5. The van der Waals surface area contributed by atoms with Crippen molar-refractivity contribution < 1.29 is 9.90 Å². The molecule has 7 heteroatoms. The summed E-state index contributed by atoms with van der Waals surface area (Å²) in [6.07, 6.45) is 0. The van der Waals surface area contributed by atoms with Crippen LogP contribution in [0.4, 0.5) is 11.4 Å². The van der Waals surface area contributed by atoms with Gasteiger partial charge in [0.25, 0.3) is 0 Å². The van der Waals surface area contributed by atoms with Crippen molar-refractivity contribution in [1.82, 2.24) is 4.90 Å². The Labute approximate surface area is 156 Å². The van der Waals surface area contributed by atoms with Crippen LogP contribution < -0.4 is 10.2 Å². The molecule has 25 heavy (non-hydrogen) atoms. The van der Waals surface area contributed by atoms with E-state index in [1.165, 1.54) is 11.8 Å². The molecule has 2 aromatic carbocycles. The fraction of sp³-hybridized carbons (Fsp3) is 0.222. The fourth-order valence-corrected chi connectivity index (χ4v) is 3.34. The zero-order valence-corrected chi connectivity index (χ0v) is 15.1. The number of para-hydroxylation sites is 1. The van der Waals surface area contributed by atoms with Gasteiger partial charge in [-0.15, -0.1) is 0 Å². The molecule has 0 spiro atoms. The molecule has 0 amide bonds. The number of piperazine rings is 1. The Kier molecular flexibility index (Phi) is 5.40. The third kappa shape index (κ3) is 4.21. The fourth-order valence-electron chi connectivity index (χ4n) is 2.78. The maximum Gasteiger partial charge on any atom is 0.337 e. The van der Waals surface area contributed by atoms with E-state index < -0.39 is 5.97 Å². The van der Waals surface area contributed by atoms with Gasteiger partial charge in [0, 0.05) is 37.6 Å². The zero-order chi connectivity index (χ0) is 17.8. The molecule has 3 rings (SSSR count). The molecule has 0 unspecified atom stereocenters. The van der Waals surface area contributed by atoms with Gasteiger partial charge in [0.2, 0.25) is 0 Å². The number of nitrogens with zero attached hydrogens (tertiary/aromatic N) is 2. The van der Waals surface area contributed by atoms with Gasteiger partial charge in [-0.25, -0.2) is 4.79 Å². The Morgan fingerprint density at radius 2 is 1.76 bits per heavy atom. The van der Waals surface area contributed by atoms with Gasteiger partial charge in [-0.1, -0.05) is 29.8 Å². The summed E-state index contributed by atoms with van der Waals surface area (Å²) >= 11 is 11.5. The highest BCUT2D eigenvalue weighted by molar-refractivity contribution is 7.80. The standard InChI is InChI=1S/C18H18ClN3O2S/c19-16-12-13(6-7-15(16)17(23)24)20-18(25)22-10-8-21(9-11-22)14-4-2-1-3-5-14/h1-7,12H,8-11H2,(H,20,25)(H,23,24). The molecule has 2 aromatic rings. The summed E-state index contributed by atoms with van der Waals surface area (Å²) in [6, 6.07) is 15.0. The summed E-state index contributed by atoms with van der Waals surface area (Å²) < 4.78 is 0. The Morgan fingerprint density at radius 1 is 1.08 bits per heavy atom. The highest BCUT2D eigenvalue weighted by atomic mass is 35.5. The normalized spacial score (nSPS) is 14.3. The van der Waals surface area contributed by atoms with Crippen LogP contribution in [0.3, 0.4) is 0 Å². The molecule has 2 N–H and O–H groups in total. The Hall–Kier alpha value is -2.31. The van der Waals surface area contributed by atoms with Crippen molar-refractivity contribution in [2.75, 3.05) is 36.4 Å². The van der Waals surface area contributed by atoms with Crippen molar-refractivity contribution in [1.29, 1.82) is 0 Å². The molecule has 0 atom stereocenters. The highest BCUT2D eigenvalue weighted by Crippen LogP contribution is 2.22. The summed E-state index contributed by atoms with van der Waals surface area (Å²) in [5, 5.41) is 13.0. The van der Waals surface area contributed by atoms with E-state index in [1.807, 2.05) is 18.2 Å². The van der Waals surface area contributed by atoms with Crippen molar-refractivity contribution in [2.24, 2.45) is 0 Å². The number of hydrogen-bond acceptors (Lipinski definition) is 3. The maximum absolute atomic E-state index is 11.0. The van der Waals surface area contributed by atoms with Crippen molar-refractivity contribution in [3.05, 3.63) is 59.1 Å². The lowest BCUT2D eigenvalue weighted by atomic mass is 10.2. The van der Waals surface area contributed by atoms with Crippen LogP contribution in [-0.2, 0) is 0 Å². The Balaban J connectivity index is 1.58. The molecule has 1 fully saturated rings. The number of rotatable bonds is 3. The predicted octanol–water partition coefficient (Wildman–Crippen LogP) is 3.56. The minimum Gasteiger partial charge on any atom is -0.478 e. The van der Waals surface area contributed by atoms with E-state index in [1.54, 1.807) is 12.1 Å². The van der Waals surface area contributed by atoms with Gasteiger partial charge in [0.05, 0.1) is 10.6 Å². The van der Waals surface area contributed by atoms with Crippen LogP contribution in [0.1, 0.15) is 10.4 Å². The number of nitrogens with one attached hydrogen (secondary N) is 1. The van der Waals surface area contributed by atoms with Crippen LogP contribution in [0, 0.1) is 0 Å². The van der Waals surface area contributed by atoms with Crippen LogP contribution in [0.15, 0.2) is 48.5 Å². The lowest BCUT2D eigenvalue weighted by Crippen LogP contribution is -2.50. The number of aromatic carboxylic acids is 1. The molecule has 0 aliphatic carbocycles. The smallest absolute Gasteiger partial charge is 0.337 e. The van der Waals surface area contributed by atoms with Crippen LogP contribution in [0.25, 0.3) is 0 Å². The quantitative estimate of drug-likeness (QED) is 0.800. The lowest BCUT2D eigenvalue weighted by molar-refractivity contribution is 0.0697. The predicted molar refractivity (Wildman–Crippen MR) is 105 cm³/mol. The molecular formula is C18H18ClN3O2S. The van der Waals surface area contributed by atoms with Gasteiger partial charge in [-0.05, 0) is 42.5 Å². The van der Waals surface area contributed by atoms with E-state index in [9.17, 15) is 4.79 Å². The average Bonchev–Trinajstić information content (AvgIpc) is 2.62. The summed E-state index contributed by atoms with van der Waals surface area (Å²) in [4.78, 5) is 15.4. The molecule has 1 heterocycles. The number of benzene rings is 2. The van der Waals surface area contributed by atoms with Crippen LogP contribution in [0.5, 0.6) is 0 Å². The van der Waals surface area contributed by atoms with Gasteiger partial charge in [-0.2, -0.15) is 0 Å². The second kappa shape index (κ2) is 7.72. The number of carboxylic acids is 1. The average molecular weight is 376 g/mol. The third-order valence-corrected chi connectivity index (χ3v) is 4.81. The monoisotopic (exact) mass is 375 g/mol. The second-order valence-corrected chi connectivity index (χ2v) is 6.53. The van der Waals surface area contributed by atoms with Crippen molar-refractivity contribution >= 4 is 46.3 Å². The molecule has 0 saturated carbocycles. The molecule has 0 radical (unpaired) electrons. The molecule has 1 aliphatic rings. The van der Waals surface area contributed by atoms with Crippen molar-refractivity contribution in [3.63, 3.8) is 0 Å². The van der Waals surface area contributed by atoms with Gasteiger partial charge in [-0.3, -0.25) is 0 Å². The SMILES string of the molecule is O=C(O)c1ccc(NC(=S)N2CCN(c3ccccc3)CC2)cc1Cl.